The molecule has 1 amide bonds. The summed E-state index contributed by atoms with van der Waals surface area (Å²) in [7, 11) is 0. The van der Waals surface area contributed by atoms with Crippen molar-refractivity contribution in [2.45, 2.75) is 13.8 Å². The monoisotopic (exact) mass is 377 g/mol. The van der Waals surface area contributed by atoms with Crippen molar-refractivity contribution in [1.82, 2.24) is 14.9 Å². The van der Waals surface area contributed by atoms with Gasteiger partial charge in [-0.15, -0.1) is 0 Å². The molecule has 0 unspecified atom stereocenters. The van der Waals surface area contributed by atoms with Gasteiger partial charge in [-0.1, -0.05) is 17.7 Å². The van der Waals surface area contributed by atoms with Gasteiger partial charge in [-0.3, -0.25) is 4.79 Å². The summed E-state index contributed by atoms with van der Waals surface area (Å²) in [6.45, 7) is 6.70. The van der Waals surface area contributed by atoms with Gasteiger partial charge in [-0.05, 0) is 38.1 Å². The van der Waals surface area contributed by atoms with Crippen LogP contribution in [0.4, 0.5) is 17.5 Å². The van der Waals surface area contributed by atoms with E-state index in [9.17, 15) is 4.79 Å². The SMILES string of the molecule is Cc1ccc(Nc2nc(C)cc(N3CCN(C(=O)c4ccco4)CC3)n2)cc1. The number of anilines is 3. The number of nitrogens with one attached hydrogen (secondary N) is 1. The second-order valence-corrected chi connectivity index (χ2v) is 6.94. The van der Waals surface area contributed by atoms with E-state index in [1.807, 2.05) is 42.2 Å². The molecule has 7 nitrogen and oxygen atoms in total. The second kappa shape index (κ2) is 7.72. The molecule has 0 aliphatic carbocycles. The predicted octanol–water partition coefficient (Wildman–Crippen LogP) is 3.39. The Hall–Kier alpha value is -3.35. The Kier molecular flexibility index (Phi) is 4.97. The topological polar surface area (TPSA) is 74.5 Å². The Morgan fingerprint density at radius 1 is 1.04 bits per heavy atom. The van der Waals surface area contributed by atoms with Gasteiger partial charge in [0.2, 0.25) is 5.95 Å². The molecule has 1 aliphatic heterocycles. The molecular formula is C21H23N5O2. The number of piperazine rings is 1. The molecule has 0 spiro atoms. The Balaban J connectivity index is 1.44. The van der Waals surface area contributed by atoms with Crippen LogP contribution < -0.4 is 10.2 Å². The van der Waals surface area contributed by atoms with Crippen molar-refractivity contribution in [3.63, 3.8) is 0 Å². The Morgan fingerprint density at radius 3 is 2.46 bits per heavy atom. The maximum Gasteiger partial charge on any atom is 0.289 e. The largest absolute Gasteiger partial charge is 0.459 e. The molecule has 7 heteroatoms. The number of carbonyl (C=O) groups is 1. The highest BCUT2D eigenvalue weighted by Crippen LogP contribution is 2.20. The fourth-order valence-electron chi connectivity index (χ4n) is 3.23. The molecule has 1 aromatic carbocycles. The smallest absolute Gasteiger partial charge is 0.289 e. The Labute approximate surface area is 164 Å². The number of aryl methyl sites for hydroxylation is 2. The van der Waals surface area contributed by atoms with Crippen LogP contribution in [0.5, 0.6) is 0 Å². The van der Waals surface area contributed by atoms with Crippen LogP contribution in [0.25, 0.3) is 0 Å². The number of aromatic nitrogens is 2. The molecule has 1 aliphatic rings. The van der Waals surface area contributed by atoms with Crippen molar-refractivity contribution in [1.29, 1.82) is 0 Å². The van der Waals surface area contributed by atoms with E-state index in [-0.39, 0.29) is 5.91 Å². The van der Waals surface area contributed by atoms with Crippen molar-refractivity contribution >= 4 is 23.4 Å². The normalized spacial score (nSPS) is 14.2. The number of rotatable bonds is 4. The van der Waals surface area contributed by atoms with Gasteiger partial charge < -0.3 is 19.5 Å². The van der Waals surface area contributed by atoms with E-state index in [1.54, 1.807) is 12.1 Å². The number of furan rings is 1. The van der Waals surface area contributed by atoms with Gasteiger partial charge >= 0.3 is 0 Å². The molecule has 3 heterocycles. The summed E-state index contributed by atoms with van der Waals surface area (Å²) in [5, 5.41) is 3.27. The lowest BCUT2D eigenvalue weighted by Crippen LogP contribution is -2.49. The average Bonchev–Trinajstić information content (AvgIpc) is 3.24. The second-order valence-electron chi connectivity index (χ2n) is 6.94. The first-order chi connectivity index (χ1) is 13.6. The van der Waals surface area contributed by atoms with Gasteiger partial charge in [0.05, 0.1) is 6.26 Å². The predicted molar refractivity (Wildman–Crippen MR) is 108 cm³/mol. The fourth-order valence-corrected chi connectivity index (χ4v) is 3.23. The molecule has 28 heavy (non-hydrogen) atoms. The summed E-state index contributed by atoms with van der Waals surface area (Å²) in [5.41, 5.74) is 3.06. The zero-order valence-electron chi connectivity index (χ0n) is 16.1. The number of nitrogens with zero attached hydrogens (tertiary/aromatic N) is 4. The quantitative estimate of drug-likeness (QED) is 0.751. The molecule has 1 saturated heterocycles. The number of carbonyl (C=O) groups excluding carboxylic acids is 1. The molecule has 0 atom stereocenters. The average molecular weight is 377 g/mol. The van der Waals surface area contributed by atoms with Crippen LogP contribution in [-0.4, -0.2) is 47.0 Å². The van der Waals surface area contributed by atoms with E-state index >= 15 is 0 Å². The van der Waals surface area contributed by atoms with Crippen LogP contribution in [0.15, 0.2) is 53.1 Å². The minimum absolute atomic E-state index is 0.0646. The highest BCUT2D eigenvalue weighted by atomic mass is 16.3. The summed E-state index contributed by atoms with van der Waals surface area (Å²) in [5.74, 6) is 1.77. The van der Waals surface area contributed by atoms with Gasteiger partial charge in [-0.25, -0.2) is 4.98 Å². The molecule has 4 rings (SSSR count). The number of amides is 1. The standard InChI is InChI=1S/C21H23N5O2/c1-15-5-7-17(8-6-15)23-21-22-16(2)14-19(24-21)25-9-11-26(12-10-25)20(27)18-4-3-13-28-18/h3-8,13-14H,9-12H2,1-2H3,(H,22,23,24). The minimum atomic E-state index is -0.0646. The Morgan fingerprint density at radius 2 is 1.79 bits per heavy atom. The van der Waals surface area contributed by atoms with Gasteiger partial charge in [0.25, 0.3) is 5.91 Å². The zero-order valence-corrected chi connectivity index (χ0v) is 16.1. The van der Waals surface area contributed by atoms with E-state index in [0.717, 1.165) is 17.2 Å². The van der Waals surface area contributed by atoms with Crippen LogP contribution in [0.2, 0.25) is 0 Å². The number of hydrogen-bond donors (Lipinski definition) is 1. The van der Waals surface area contributed by atoms with E-state index < -0.39 is 0 Å². The van der Waals surface area contributed by atoms with E-state index in [0.29, 0.717) is 37.9 Å². The summed E-state index contributed by atoms with van der Waals surface area (Å²) >= 11 is 0. The fraction of sp³-hybridized carbons (Fsp3) is 0.286. The van der Waals surface area contributed by atoms with Crippen molar-refractivity contribution < 1.29 is 9.21 Å². The molecule has 1 fully saturated rings. The van der Waals surface area contributed by atoms with Gasteiger partial charge in [0.1, 0.15) is 5.82 Å². The van der Waals surface area contributed by atoms with Crippen LogP contribution in [0.3, 0.4) is 0 Å². The lowest BCUT2D eigenvalue weighted by molar-refractivity contribution is 0.0714. The van der Waals surface area contributed by atoms with Crippen molar-refractivity contribution in [2.24, 2.45) is 0 Å². The van der Waals surface area contributed by atoms with Crippen molar-refractivity contribution in [3.8, 4) is 0 Å². The molecule has 2 aromatic heterocycles. The van der Waals surface area contributed by atoms with Gasteiger partial charge in [0, 0.05) is 43.6 Å². The summed E-state index contributed by atoms with van der Waals surface area (Å²) in [6, 6.07) is 13.5. The maximum atomic E-state index is 12.4. The molecule has 0 bridgehead atoms. The van der Waals surface area contributed by atoms with Crippen molar-refractivity contribution in [3.05, 3.63) is 65.7 Å². The third-order valence-electron chi connectivity index (χ3n) is 4.77. The first-order valence-corrected chi connectivity index (χ1v) is 9.35. The highest BCUT2D eigenvalue weighted by molar-refractivity contribution is 5.91. The number of benzene rings is 1. The minimum Gasteiger partial charge on any atom is -0.459 e. The van der Waals surface area contributed by atoms with Crippen LogP contribution in [0, 0.1) is 13.8 Å². The van der Waals surface area contributed by atoms with Crippen LogP contribution >= 0.6 is 0 Å². The highest BCUT2D eigenvalue weighted by Gasteiger charge is 2.24. The van der Waals surface area contributed by atoms with Crippen LogP contribution in [-0.2, 0) is 0 Å². The molecule has 0 radical (unpaired) electrons. The van der Waals surface area contributed by atoms with E-state index in [4.69, 9.17) is 4.42 Å². The summed E-state index contributed by atoms with van der Waals surface area (Å²) in [6.07, 6.45) is 1.52. The third kappa shape index (κ3) is 3.98. The van der Waals surface area contributed by atoms with Crippen LogP contribution in [0.1, 0.15) is 21.8 Å². The lowest BCUT2D eigenvalue weighted by atomic mass is 10.2. The van der Waals surface area contributed by atoms with E-state index in [1.165, 1.54) is 11.8 Å². The third-order valence-corrected chi connectivity index (χ3v) is 4.77. The first kappa shape index (κ1) is 18.0. The van der Waals surface area contributed by atoms with E-state index in [2.05, 4.69) is 27.1 Å². The van der Waals surface area contributed by atoms with Crippen molar-refractivity contribution in [2.75, 3.05) is 36.4 Å². The van der Waals surface area contributed by atoms with Gasteiger partial charge in [-0.2, -0.15) is 4.98 Å². The Bertz CT molecular complexity index is 945. The summed E-state index contributed by atoms with van der Waals surface area (Å²) in [4.78, 5) is 25.6. The first-order valence-electron chi connectivity index (χ1n) is 9.35. The van der Waals surface area contributed by atoms with Gasteiger partial charge in [0.15, 0.2) is 5.76 Å². The summed E-state index contributed by atoms with van der Waals surface area (Å²) < 4.78 is 5.22. The molecule has 144 valence electrons. The number of hydrogen-bond acceptors (Lipinski definition) is 6. The molecule has 1 N–H and O–H groups in total. The molecular weight excluding hydrogens is 354 g/mol. The molecule has 0 saturated carbocycles. The molecule has 3 aromatic rings. The lowest BCUT2D eigenvalue weighted by Gasteiger charge is -2.35. The maximum absolute atomic E-state index is 12.4. The zero-order chi connectivity index (χ0) is 19.5.